The summed E-state index contributed by atoms with van der Waals surface area (Å²) in [5, 5.41) is 6.56. The topological polar surface area (TPSA) is 21.3 Å². The van der Waals surface area contributed by atoms with E-state index in [9.17, 15) is 0 Å². The number of rotatable bonds is 1. The van der Waals surface area contributed by atoms with Crippen LogP contribution in [0.15, 0.2) is 95.4 Å². The highest BCUT2D eigenvalue weighted by Gasteiger charge is 2.44. The van der Waals surface area contributed by atoms with Crippen molar-refractivity contribution < 1.29 is 4.42 Å². The van der Waals surface area contributed by atoms with Crippen molar-refractivity contribution >= 4 is 99.8 Å². The minimum absolute atomic E-state index is 0.00992. The monoisotopic (exact) mass is 734 g/mol. The van der Waals surface area contributed by atoms with Gasteiger partial charge in [-0.05, 0) is 105 Å². The third-order valence-corrected chi connectivity index (χ3v) is 13.9. The Morgan fingerprint density at radius 1 is 0.636 bits per heavy atom. The van der Waals surface area contributed by atoms with Gasteiger partial charge in [0.15, 0.2) is 0 Å². The second kappa shape index (κ2) is 10.9. The maximum absolute atomic E-state index is 6.61. The zero-order valence-corrected chi connectivity index (χ0v) is 34.3. The molecule has 0 saturated carbocycles. The van der Waals surface area contributed by atoms with Gasteiger partial charge in [-0.15, -0.1) is 11.3 Å². The van der Waals surface area contributed by atoms with Crippen LogP contribution in [0.3, 0.4) is 0 Å². The van der Waals surface area contributed by atoms with Crippen LogP contribution in [0.1, 0.15) is 91.8 Å². The number of benzene rings is 5. The molecule has 5 heterocycles. The number of anilines is 2. The number of aromatic nitrogens is 1. The summed E-state index contributed by atoms with van der Waals surface area (Å²) in [6.07, 6.45) is 4.18. The number of para-hydroxylation sites is 1. The van der Waals surface area contributed by atoms with Gasteiger partial charge in [-0.1, -0.05) is 117 Å². The largest absolute Gasteiger partial charge is 0.456 e. The molecular weight excluding hydrogens is 687 g/mol. The molecule has 3 aromatic heterocycles. The molecule has 0 N–H and O–H groups in total. The Morgan fingerprint density at radius 2 is 1.31 bits per heavy atom. The molecule has 272 valence electrons. The molecule has 3 nitrogen and oxygen atoms in total. The van der Waals surface area contributed by atoms with Crippen LogP contribution >= 0.6 is 11.3 Å². The third kappa shape index (κ3) is 4.57. The Labute approximate surface area is 327 Å². The molecular formula is C50H47BN2OS. The lowest BCUT2D eigenvalue weighted by atomic mass is 9.33. The van der Waals surface area contributed by atoms with E-state index in [2.05, 4.69) is 169 Å². The first-order valence-electron chi connectivity index (χ1n) is 20.0. The highest BCUT2D eigenvalue weighted by molar-refractivity contribution is 7.26. The molecule has 0 bridgehead atoms. The van der Waals surface area contributed by atoms with Gasteiger partial charge in [-0.2, -0.15) is 0 Å². The molecule has 1 aliphatic carbocycles. The lowest BCUT2D eigenvalue weighted by Crippen LogP contribution is -2.61. The fraction of sp³-hybridized carbons (Fsp3) is 0.280. The normalized spacial score (nSPS) is 15.3. The molecule has 0 radical (unpaired) electrons. The van der Waals surface area contributed by atoms with Crippen LogP contribution in [0.5, 0.6) is 0 Å². The first-order valence-corrected chi connectivity index (χ1v) is 20.8. The second-order valence-corrected chi connectivity index (χ2v) is 20.4. The maximum atomic E-state index is 6.61. The van der Waals surface area contributed by atoms with Crippen LogP contribution in [-0.4, -0.2) is 11.3 Å². The minimum atomic E-state index is -0.0688. The fourth-order valence-corrected chi connectivity index (χ4v) is 11.0. The van der Waals surface area contributed by atoms with Crippen LogP contribution in [0.2, 0.25) is 0 Å². The van der Waals surface area contributed by atoms with Gasteiger partial charge >= 0.3 is 0 Å². The van der Waals surface area contributed by atoms with Gasteiger partial charge in [-0.25, -0.2) is 0 Å². The molecule has 0 spiro atoms. The zero-order chi connectivity index (χ0) is 37.9. The summed E-state index contributed by atoms with van der Waals surface area (Å²) in [5.74, 6) is 0. The molecule has 55 heavy (non-hydrogen) atoms. The standard InChI is InChI=1S/C50H47BN2OS/c1-48(2,3)28-21-22-34-37(25-28)52(36-17-14-19-41-44(36)31-15-10-12-18-40(31)54-41)38-26-30(50(7,8)9)27-39-45(38)51(34)35-24-29(49(4,5)6)23-33-43-32-16-11-13-20-42(32)55-47(43)53(39)46(33)35/h10-13,15-16,18-27H,14,17H2,1-9H3. The van der Waals surface area contributed by atoms with Gasteiger partial charge in [0.25, 0.3) is 6.71 Å². The quantitative estimate of drug-likeness (QED) is 0.157. The molecule has 0 fully saturated rings. The SMILES string of the molecule is CC(C)(C)c1ccc2c(c1)N(C1=c3c(oc4ccccc34)=CCC1)c1cc(C(C)(C)C)cc3c1B2c1cc(C(C)(C)C)cc2c4c5ccccc5sc4n-3c12. The van der Waals surface area contributed by atoms with E-state index < -0.39 is 0 Å². The number of hydrogen-bond acceptors (Lipinski definition) is 3. The Kier molecular flexibility index (Phi) is 6.58. The van der Waals surface area contributed by atoms with E-state index in [0.717, 1.165) is 23.8 Å². The summed E-state index contributed by atoms with van der Waals surface area (Å²) in [7, 11) is 0. The summed E-state index contributed by atoms with van der Waals surface area (Å²) >= 11 is 1.94. The molecule has 8 aromatic rings. The van der Waals surface area contributed by atoms with E-state index >= 15 is 0 Å². The first-order chi connectivity index (χ1) is 26.2. The highest BCUT2D eigenvalue weighted by Crippen LogP contribution is 2.47. The van der Waals surface area contributed by atoms with Gasteiger partial charge in [-0.3, -0.25) is 0 Å². The van der Waals surface area contributed by atoms with Crippen LogP contribution in [0, 0.1) is 0 Å². The van der Waals surface area contributed by atoms with E-state index in [-0.39, 0.29) is 23.0 Å². The average Bonchev–Trinajstić information content (AvgIpc) is 3.81. The number of nitrogens with zero attached hydrogens (tertiary/aromatic N) is 2. The van der Waals surface area contributed by atoms with E-state index in [1.54, 1.807) is 0 Å². The number of fused-ring (bicyclic) bond motifs is 12. The third-order valence-electron chi connectivity index (χ3n) is 12.7. The van der Waals surface area contributed by atoms with E-state index in [0.29, 0.717) is 0 Å². The Balaban J connectivity index is 1.37. The molecule has 5 heteroatoms. The zero-order valence-electron chi connectivity index (χ0n) is 33.4. The van der Waals surface area contributed by atoms with Crippen molar-refractivity contribution in [1.82, 2.24) is 4.57 Å². The van der Waals surface area contributed by atoms with Gasteiger partial charge in [0, 0.05) is 54.2 Å². The van der Waals surface area contributed by atoms with Crippen molar-refractivity contribution in [3.63, 3.8) is 0 Å². The molecule has 2 aliphatic heterocycles. The minimum Gasteiger partial charge on any atom is -0.456 e. The van der Waals surface area contributed by atoms with Crippen molar-refractivity contribution in [2.75, 3.05) is 4.90 Å². The summed E-state index contributed by atoms with van der Waals surface area (Å²) in [5.41, 5.74) is 16.8. The summed E-state index contributed by atoms with van der Waals surface area (Å²) in [6, 6.07) is 35.2. The first kappa shape index (κ1) is 33.4. The second-order valence-electron chi connectivity index (χ2n) is 19.3. The Hall–Kier alpha value is -5.00. The summed E-state index contributed by atoms with van der Waals surface area (Å²) < 4.78 is 10.6. The Bertz CT molecular complexity index is 3110. The molecule has 0 unspecified atom stereocenters. The highest BCUT2D eigenvalue weighted by atomic mass is 32.1. The molecule has 5 aromatic carbocycles. The van der Waals surface area contributed by atoms with Crippen molar-refractivity contribution in [3.8, 4) is 5.69 Å². The molecule has 3 aliphatic rings. The lowest BCUT2D eigenvalue weighted by molar-refractivity contribution is 0.570. The van der Waals surface area contributed by atoms with Gasteiger partial charge in [0.05, 0.1) is 5.52 Å². The van der Waals surface area contributed by atoms with E-state index in [1.165, 1.54) is 97.6 Å². The Morgan fingerprint density at radius 3 is 2.07 bits per heavy atom. The predicted molar refractivity (Wildman–Crippen MR) is 238 cm³/mol. The van der Waals surface area contributed by atoms with E-state index in [4.69, 9.17) is 4.42 Å². The van der Waals surface area contributed by atoms with Crippen LogP contribution < -0.4 is 31.9 Å². The van der Waals surface area contributed by atoms with Crippen molar-refractivity contribution in [2.45, 2.75) is 91.4 Å². The number of hydrogen-bond donors (Lipinski definition) is 0. The molecule has 11 rings (SSSR count). The summed E-state index contributed by atoms with van der Waals surface area (Å²) in [6.45, 7) is 21.3. The molecule has 0 atom stereocenters. The van der Waals surface area contributed by atoms with Crippen molar-refractivity contribution in [3.05, 3.63) is 118 Å². The predicted octanol–water partition coefficient (Wildman–Crippen LogP) is 10.3. The van der Waals surface area contributed by atoms with Crippen LogP contribution in [0.4, 0.5) is 11.4 Å². The molecule has 0 amide bonds. The number of furan rings is 1. The van der Waals surface area contributed by atoms with Gasteiger partial charge < -0.3 is 13.9 Å². The molecule has 0 saturated heterocycles. The van der Waals surface area contributed by atoms with Crippen molar-refractivity contribution in [2.24, 2.45) is 0 Å². The lowest BCUT2D eigenvalue weighted by Gasteiger charge is -2.43. The number of thiophene rings is 1. The smallest absolute Gasteiger partial charge is 0.252 e. The van der Waals surface area contributed by atoms with Gasteiger partial charge in [0.2, 0.25) is 0 Å². The maximum Gasteiger partial charge on any atom is 0.252 e. The van der Waals surface area contributed by atoms with Gasteiger partial charge in [0.1, 0.15) is 15.8 Å². The fourth-order valence-electron chi connectivity index (χ4n) is 9.79. The van der Waals surface area contributed by atoms with Crippen LogP contribution in [0.25, 0.3) is 59.6 Å². The van der Waals surface area contributed by atoms with Crippen LogP contribution in [-0.2, 0) is 16.2 Å². The summed E-state index contributed by atoms with van der Waals surface area (Å²) in [4.78, 5) is 4.03. The van der Waals surface area contributed by atoms with Crippen molar-refractivity contribution in [1.29, 1.82) is 0 Å². The average molecular weight is 735 g/mol. The van der Waals surface area contributed by atoms with E-state index in [1.807, 2.05) is 11.3 Å².